The second-order valence-corrected chi connectivity index (χ2v) is 10.6. The van der Waals surface area contributed by atoms with Crippen molar-refractivity contribution in [2.75, 3.05) is 26.2 Å². The fourth-order valence-electron chi connectivity index (χ4n) is 4.48. The number of hydrogen-bond donors (Lipinski definition) is 1. The van der Waals surface area contributed by atoms with Crippen molar-refractivity contribution in [3.05, 3.63) is 47.4 Å². The molecule has 0 spiro atoms. The normalized spacial score (nSPS) is 15.8. The van der Waals surface area contributed by atoms with Crippen LogP contribution in [0.2, 0.25) is 0 Å². The summed E-state index contributed by atoms with van der Waals surface area (Å²) >= 11 is 0. The molecule has 1 aromatic carbocycles. The van der Waals surface area contributed by atoms with E-state index in [9.17, 15) is 8.42 Å². The smallest absolute Gasteiger partial charge is 0.240 e. The average Bonchev–Trinajstić information content (AvgIpc) is 3.00. The van der Waals surface area contributed by atoms with Gasteiger partial charge in [-0.3, -0.25) is 0 Å². The Morgan fingerprint density at radius 3 is 2.53 bits per heavy atom. The van der Waals surface area contributed by atoms with E-state index in [2.05, 4.69) is 19.7 Å². The maximum Gasteiger partial charge on any atom is 0.240 e. The molecule has 0 amide bonds. The average molecular weight is 456 g/mol. The Kier molecular flexibility index (Phi) is 6.93. The summed E-state index contributed by atoms with van der Waals surface area (Å²) in [5.74, 6) is 0. The highest BCUT2D eigenvalue weighted by atomic mass is 32.2. The van der Waals surface area contributed by atoms with Gasteiger partial charge in [-0.1, -0.05) is 25.0 Å². The monoisotopic (exact) mass is 455 g/mol. The van der Waals surface area contributed by atoms with Crippen molar-refractivity contribution in [1.82, 2.24) is 24.2 Å². The molecule has 1 saturated heterocycles. The number of sulfonamides is 1. The molecule has 1 N–H and O–H groups in total. The van der Waals surface area contributed by atoms with Crippen molar-refractivity contribution in [3.8, 4) is 11.1 Å². The van der Waals surface area contributed by atoms with Crippen molar-refractivity contribution in [1.29, 1.82) is 0 Å². The Balaban J connectivity index is 1.51. The summed E-state index contributed by atoms with van der Waals surface area (Å²) in [4.78, 5) is 7.40. The topological polar surface area (TPSA) is 79.6 Å². The molecular weight excluding hydrogens is 422 g/mol. The minimum Gasteiger partial charge on any atom is -0.303 e. The number of aryl methyl sites for hydroxylation is 3. The quantitative estimate of drug-likeness (QED) is 0.547. The van der Waals surface area contributed by atoms with Crippen LogP contribution >= 0.6 is 0 Å². The Labute approximate surface area is 190 Å². The number of nitrogens with one attached hydrogen (secondary N) is 1. The van der Waals surface area contributed by atoms with Crippen LogP contribution in [0.5, 0.6) is 0 Å². The van der Waals surface area contributed by atoms with Gasteiger partial charge in [0.25, 0.3) is 0 Å². The van der Waals surface area contributed by atoms with Crippen molar-refractivity contribution in [2.45, 2.75) is 57.8 Å². The number of rotatable bonds is 7. The van der Waals surface area contributed by atoms with Gasteiger partial charge in [-0.05, 0) is 82.9 Å². The van der Waals surface area contributed by atoms with Gasteiger partial charge in [-0.25, -0.2) is 22.6 Å². The van der Waals surface area contributed by atoms with E-state index in [1.54, 1.807) is 16.8 Å². The molecule has 7 nitrogen and oxygen atoms in total. The van der Waals surface area contributed by atoms with Crippen molar-refractivity contribution >= 4 is 15.7 Å². The first-order valence-electron chi connectivity index (χ1n) is 11.5. The SMILES string of the molecule is Cc1cc(C)n2ncc(-c3ccc(C)c(S(=O)(=O)NCCCN4CCCCCC4)c3)c2n1. The Morgan fingerprint density at radius 1 is 1.03 bits per heavy atom. The predicted octanol–water partition coefficient (Wildman–Crippen LogP) is 3.87. The molecule has 0 saturated carbocycles. The molecule has 1 fully saturated rings. The molecular formula is C24H33N5O2S. The third-order valence-corrected chi connectivity index (χ3v) is 7.81. The molecule has 0 bridgehead atoms. The molecule has 0 atom stereocenters. The fourth-order valence-corrected chi connectivity index (χ4v) is 5.82. The zero-order chi connectivity index (χ0) is 22.7. The van der Waals surface area contributed by atoms with Crippen LogP contribution in [0.3, 0.4) is 0 Å². The van der Waals surface area contributed by atoms with Crippen LogP contribution < -0.4 is 4.72 Å². The van der Waals surface area contributed by atoms with Gasteiger partial charge in [-0.15, -0.1) is 0 Å². The number of benzene rings is 1. The van der Waals surface area contributed by atoms with E-state index in [1.807, 2.05) is 39.0 Å². The van der Waals surface area contributed by atoms with Crippen molar-refractivity contribution in [3.63, 3.8) is 0 Å². The highest BCUT2D eigenvalue weighted by Gasteiger charge is 2.19. The second-order valence-electron chi connectivity index (χ2n) is 8.82. The fraction of sp³-hybridized carbons (Fsp3) is 0.500. The minimum absolute atomic E-state index is 0.313. The van der Waals surface area contributed by atoms with Gasteiger partial charge in [0.1, 0.15) is 0 Å². The van der Waals surface area contributed by atoms with Crippen LogP contribution in [-0.4, -0.2) is 54.1 Å². The van der Waals surface area contributed by atoms with Gasteiger partial charge in [0.15, 0.2) is 5.65 Å². The lowest BCUT2D eigenvalue weighted by atomic mass is 10.1. The first-order valence-corrected chi connectivity index (χ1v) is 13.0. The van der Waals surface area contributed by atoms with Crippen LogP contribution in [0.15, 0.2) is 35.4 Å². The van der Waals surface area contributed by atoms with Gasteiger partial charge in [0.05, 0.1) is 11.1 Å². The van der Waals surface area contributed by atoms with Gasteiger partial charge in [0.2, 0.25) is 10.0 Å². The Morgan fingerprint density at radius 2 is 1.78 bits per heavy atom. The predicted molar refractivity (Wildman–Crippen MR) is 127 cm³/mol. The van der Waals surface area contributed by atoms with Crippen molar-refractivity contribution < 1.29 is 8.42 Å². The summed E-state index contributed by atoms with van der Waals surface area (Å²) in [5.41, 5.74) is 4.99. The summed E-state index contributed by atoms with van der Waals surface area (Å²) in [6, 6.07) is 7.50. The summed E-state index contributed by atoms with van der Waals surface area (Å²) < 4.78 is 30.8. The molecule has 32 heavy (non-hydrogen) atoms. The van der Waals surface area contributed by atoms with Gasteiger partial charge < -0.3 is 4.90 Å². The lowest BCUT2D eigenvalue weighted by Crippen LogP contribution is -2.31. The van der Waals surface area contributed by atoms with E-state index in [0.717, 1.165) is 59.8 Å². The van der Waals surface area contributed by atoms with Crippen LogP contribution in [0, 0.1) is 20.8 Å². The number of nitrogens with zero attached hydrogens (tertiary/aromatic N) is 4. The van der Waals surface area contributed by atoms with E-state index in [-0.39, 0.29) is 0 Å². The van der Waals surface area contributed by atoms with Gasteiger partial charge in [0, 0.05) is 23.5 Å². The van der Waals surface area contributed by atoms with E-state index in [1.165, 1.54) is 25.7 Å². The zero-order valence-electron chi connectivity index (χ0n) is 19.3. The maximum absolute atomic E-state index is 13.1. The molecule has 0 radical (unpaired) electrons. The maximum atomic E-state index is 13.1. The highest BCUT2D eigenvalue weighted by molar-refractivity contribution is 7.89. The highest BCUT2D eigenvalue weighted by Crippen LogP contribution is 2.28. The molecule has 1 aliphatic rings. The number of fused-ring (bicyclic) bond motifs is 1. The van der Waals surface area contributed by atoms with Crippen molar-refractivity contribution in [2.24, 2.45) is 0 Å². The van der Waals surface area contributed by atoms with Crippen LogP contribution in [-0.2, 0) is 10.0 Å². The number of hydrogen-bond acceptors (Lipinski definition) is 5. The third kappa shape index (κ3) is 5.03. The second kappa shape index (κ2) is 9.68. The molecule has 3 heterocycles. The summed E-state index contributed by atoms with van der Waals surface area (Å²) in [6.07, 6.45) is 7.67. The molecule has 4 rings (SSSR count). The molecule has 2 aromatic heterocycles. The number of aromatic nitrogens is 3. The summed E-state index contributed by atoms with van der Waals surface area (Å²) in [5, 5.41) is 4.45. The molecule has 3 aromatic rings. The van der Waals surface area contributed by atoms with Gasteiger partial charge in [-0.2, -0.15) is 5.10 Å². The van der Waals surface area contributed by atoms with E-state index < -0.39 is 10.0 Å². The molecule has 0 unspecified atom stereocenters. The number of likely N-dealkylation sites (tertiary alicyclic amines) is 1. The van der Waals surface area contributed by atoms with Crippen LogP contribution in [0.4, 0.5) is 0 Å². The lowest BCUT2D eigenvalue weighted by Gasteiger charge is -2.19. The first-order chi connectivity index (χ1) is 15.3. The first kappa shape index (κ1) is 22.9. The molecule has 0 aliphatic carbocycles. The lowest BCUT2D eigenvalue weighted by molar-refractivity contribution is 0.282. The third-order valence-electron chi connectivity index (χ3n) is 6.21. The zero-order valence-corrected chi connectivity index (χ0v) is 20.1. The van der Waals surface area contributed by atoms with E-state index >= 15 is 0 Å². The van der Waals surface area contributed by atoms with Crippen LogP contribution in [0.1, 0.15) is 49.1 Å². The minimum atomic E-state index is -3.60. The van der Waals surface area contributed by atoms with Gasteiger partial charge >= 0.3 is 0 Å². The largest absolute Gasteiger partial charge is 0.303 e. The summed E-state index contributed by atoms with van der Waals surface area (Å²) in [7, 11) is -3.60. The summed E-state index contributed by atoms with van der Waals surface area (Å²) in [6.45, 7) is 9.40. The van der Waals surface area contributed by atoms with E-state index in [4.69, 9.17) is 0 Å². The molecule has 1 aliphatic heterocycles. The standard InChI is InChI=1S/C24H33N5O2S/c1-18-9-10-21(22-17-25-29-20(3)15-19(2)27-24(22)29)16-23(18)32(30,31)26-11-8-14-28-12-6-4-5-7-13-28/h9-10,15-17,26H,4-8,11-14H2,1-3H3. The molecule has 172 valence electrons. The van der Waals surface area contributed by atoms with Crippen LogP contribution in [0.25, 0.3) is 16.8 Å². The Hall–Kier alpha value is -2.29. The van der Waals surface area contributed by atoms with E-state index in [0.29, 0.717) is 11.4 Å². The molecule has 8 heteroatoms. The Bertz CT molecular complexity index is 1190.